The van der Waals surface area contributed by atoms with Gasteiger partial charge in [-0.25, -0.2) is 0 Å². The van der Waals surface area contributed by atoms with Gasteiger partial charge >= 0.3 is 16.8 Å². The number of phenols is 1. The van der Waals surface area contributed by atoms with E-state index in [-0.39, 0.29) is 27.1 Å². The first-order chi connectivity index (χ1) is 34.7. The highest BCUT2D eigenvalue weighted by atomic mass is 31.2. The quantitative estimate of drug-likeness (QED) is 0.175. The second kappa shape index (κ2) is 18.9. The molecule has 5 heterocycles. The van der Waals surface area contributed by atoms with Gasteiger partial charge in [0.05, 0.1) is 10.6 Å². The van der Waals surface area contributed by atoms with Gasteiger partial charge in [0.1, 0.15) is 28.7 Å². The van der Waals surface area contributed by atoms with Crippen LogP contribution in [0.2, 0.25) is 0 Å². The van der Waals surface area contributed by atoms with Crippen molar-refractivity contribution in [3.63, 3.8) is 0 Å². The minimum absolute atomic E-state index is 0.171. The molecule has 5 aliphatic heterocycles. The van der Waals surface area contributed by atoms with Gasteiger partial charge in [-0.3, -0.25) is 0 Å². The third kappa shape index (κ3) is 10.5. The molecule has 2 unspecified atom stereocenters. The van der Waals surface area contributed by atoms with Crippen LogP contribution < -0.4 is 28.7 Å². The van der Waals surface area contributed by atoms with E-state index in [1.807, 2.05) is 0 Å². The lowest BCUT2D eigenvalue weighted by Gasteiger charge is -2.33. The number of benzene rings is 7. The topological polar surface area (TPSA) is 57.2 Å². The SMILES string of the molecule is CC(C)(C)c1cc2c(O)c(c1)Cc1cc(C(C)(C)C)cc3c1OP(c1ccccc1)Oc1c(cc(C(C)(C)C)cc1Cc1cc(C(C)(C)C)cc4c1OP(c1ccccc1)Oc1c(cc(C(C)(C)C)cc1C4)C2)C3. The molecule has 0 saturated carbocycles. The zero-order valence-corrected chi connectivity index (χ0v) is 48.3. The Labute approximate surface area is 444 Å². The maximum absolute atomic E-state index is 13.0. The van der Waals surface area contributed by atoms with Crippen molar-refractivity contribution in [3.8, 4) is 28.7 Å². The lowest BCUT2D eigenvalue weighted by molar-refractivity contribution is 0.459. The Kier molecular flexibility index (Phi) is 13.2. The highest BCUT2D eigenvalue weighted by Crippen LogP contribution is 2.54. The number of aromatic hydroxyl groups is 1. The van der Waals surface area contributed by atoms with Crippen molar-refractivity contribution in [1.29, 1.82) is 0 Å². The molecule has 384 valence electrons. The van der Waals surface area contributed by atoms with Crippen LogP contribution in [0.3, 0.4) is 0 Å². The predicted molar refractivity (Wildman–Crippen MR) is 310 cm³/mol. The Bertz CT molecular complexity index is 3070. The molecule has 0 aromatic heterocycles. The van der Waals surface area contributed by atoms with Crippen molar-refractivity contribution < 1.29 is 23.2 Å². The lowest BCUT2D eigenvalue weighted by Crippen LogP contribution is -2.20. The first-order valence-corrected chi connectivity index (χ1v) is 29.0. The van der Waals surface area contributed by atoms with Crippen molar-refractivity contribution >= 4 is 27.4 Å². The molecule has 5 nitrogen and oxygen atoms in total. The van der Waals surface area contributed by atoms with Gasteiger partial charge in [0.2, 0.25) is 0 Å². The fourth-order valence-corrected chi connectivity index (χ4v) is 13.4. The van der Waals surface area contributed by atoms with Gasteiger partial charge in [-0.05, 0) is 135 Å². The summed E-state index contributed by atoms with van der Waals surface area (Å²) in [6, 6.07) is 44.4. The average Bonchev–Trinajstić information content (AvgIpc) is 3.29. The molecule has 2 atom stereocenters. The van der Waals surface area contributed by atoms with Gasteiger partial charge < -0.3 is 23.2 Å². The number of hydrogen-bond donors (Lipinski definition) is 1. The largest absolute Gasteiger partial charge is 0.507 e. The van der Waals surface area contributed by atoms with Gasteiger partial charge in [-0.15, -0.1) is 0 Å². The van der Waals surface area contributed by atoms with Crippen LogP contribution in [0.5, 0.6) is 28.7 Å². The summed E-state index contributed by atoms with van der Waals surface area (Å²) < 4.78 is 30.2. The molecule has 6 aliphatic rings. The maximum Gasteiger partial charge on any atom is 0.326 e. The summed E-state index contributed by atoms with van der Waals surface area (Å²) in [6.07, 6.45) is 2.70. The highest BCUT2D eigenvalue weighted by molar-refractivity contribution is 7.57. The number of hydrogen-bond acceptors (Lipinski definition) is 5. The summed E-state index contributed by atoms with van der Waals surface area (Å²) >= 11 is 0. The fraction of sp³-hybridized carbons (Fsp3) is 0.373. The second-order valence-electron chi connectivity index (χ2n) is 26.3. The zero-order valence-electron chi connectivity index (χ0n) is 46.6. The molecule has 1 aliphatic carbocycles. The van der Waals surface area contributed by atoms with E-state index in [4.69, 9.17) is 18.1 Å². The first-order valence-electron chi connectivity index (χ1n) is 26.6. The predicted octanol–water partition coefficient (Wildman–Crippen LogP) is 17.0. The summed E-state index contributed by atoms with van der Waals surface area (Å²) in [4.78, 5) is 0. The normalized spacial score (nSPS) is 16.8. The van der Waals surface area contributed by atoms with Crippen LogP contribution in [-0.2, 0) is 59.2 Å². The molecule has 0 spiro atoms. The zero-order chi connectivity index (χ0) is 52.9. The Morgan fingerprint density at radius 1 is 0.297 bits per heavy atom. The van der Waals surface area contributed by atoms with Crippen molar-refractivity contribution in [1.82, 2.24) is 0 Å². The van der Waals surface area contributed by atoms with E-state index < -0.39 is 16.8 Å². The Hall–Kier alpha value is -5.60. The maximum atomic E-state index is 13.0. The third-order valence-corrected chi connectivity index (χ3v) is 17.9. The molecule has 0 amide bonds. The second-order valence-corrected chi connectivity index (χ2v) is 29.1. The van der Waals surface area contributed by atoms with Gasteiger partial charge in [0.25, 0.3) is 0 Å². The standard InChI is InChI=1S/C67H76O5P2/c1-63(2,3)51-31-41-26-43-33-52(64(4,5)6)35-45-28-47-37-54(66(10,11)12)39-49(61(47)71-73(69-59(43)45)56-22-18-16-19-23-56)30-50-40-55(67(13,14)15)38-48-29-46-36-53(65(7,8)9)34-44(27-42(32-51)58(41)68)60(46)70-74(72-62(48)50)57-24-20-17-21-25-57/h16-25,31-40,68H,26-30H2,1-15H3. The van der Waals surface area contributed by atoms with Crippen LogP contribution in [-0.4, -0.2) is 5.11 Å². The van der Waals surface area contributed by atoms with E-state index >= 15 is 0 Å². The lowest BCUT2D eigenvalue weighted by atomic mass is 9.79. The van der Waals surface area contributed by atoms with Gasteiger partial charge in [0, 0.05) is 32.1 Å². The van der Waals surface area contributed by atoms with Gasteiger partial charge in [-0.1, -0.05) is 201 Å². The monoisotopic (exact) mass is 1020 g/mol. The first kappa shape index (κ1) is 51.9. The minimum Gasteiger partial charge on any atom is -0.507 e. The Morgan fingerprint density at radius 2 is 0.486 bits per heavy atom. The molecular weight excluding hydrogens is 947 g/mol. The molecule has 7 aromatic rings. The van der Waals surface area contributed by atoms with E-state index in [0.717, 1.165) is 94.8 Å². The molecule has 13 rings (SSSR count). The van der Waals surface area contributed by atoms with Crippen molar-refractivity contribution in [2.75, 3.05) is 0 Å². The summed E-state index contributed by atoms with van der Waals surface area (Å²) in [7, 11) is -3.41. The molecule has 1 N–H and O–H groups in total. The van der Waals surface area contributed by atoms with Crippen LogP contribution in [0, 0.1) is 0 Å². The van der Waals surface area contributed by atoms with Crippen LogP contribution >= 0.6 is 16.8 Å². The van der Waals surface area contributed by atoms with Gasteiger partial charge in [-0.2, -0.15) is 0 Å². The molecule has 0 saturated heterocycles. The van der Waals surface area contributed by atoms with Gasteiger partial charge in [0.15, 0.2) is 0 Å². The molecule has 14 bridgehead atoms. The van der Waals surface area contributed by atoms with Crippen LogP contribution in [0.4, 0.5) is 0 Å². The van der Waals surface area contributed by atoms with Crippen molar-refractivity contribution in [2.24, 2.45) is 0 Å². The molecule has 0 fully saturated rings. The van der Waals surface area contributed by atoms with Crippen molar-refractivity contribution in [3.05, 3.63) is 205 Å². The summed E-state index contributed by atoms with van der Waals surface area (Å²) in [6.45, 7) is 34.4. The Morgan fingerprint density at radius 3 is 0.689 bits per heavy atom. The molecular formula is C67H76O5P2. The molecule has 74 heavy (non-hydrogen) atoms. The smallest absolute Gasteiger partial charge is 0.326 e. The van der Waals surface area contributed by atoms with Crippen LogP contribution in [0.15, 0.2) is 121 Å². The van der Waals surface area contributed by atoms with Crippen LogP contribution in [0.25, 0.3) is 0 Å². The van der Waals surface area contributed by atoms with E-state index in [1.165, 1.54) is 22.3 Å². The molecule has 7 aromatic carbocycles. The van der Waals surface area contributed by atoms with Crippen molar-refractivity contribution in [2.45, 2.75) is 163 Å². The minimum atomic E-state index is -1.71. The Balaban J connectivity index is 1.36. The van der Waals surface area contributed by atoms with E-state index in [0.29, 0.717) is 37.9 Å². The summed E-state index contributed by atoms with van der Waals surface area (Å²) in [5, 5.41) is 15.0. The van der Waals surface area contributed by atoms with Crippen LogP contribution in [0.1, 0.15) is 187 Å². The van der Waals surface area contributed by atoms with E-state index in [9.17, 15) is 5.11 Å². The number of rotatable bonds is 2. The fourth-order valence-electron chi connectivity index (χ4n) is 10.4. The summed E-state index contributed by atoms with van der Waals surface area (Å²) in [5.41, 5.74) is 15.7. The molecule has 7 heteroatoms. The average molecular weight is 1020 g/mol. The highest BCUT2D eigenvalue weighted by Gasteiger charge is 2.36. The molecule has 0 radical (unpaired) electrons. The number of phenolic OH excluding ortho intramolecular Hbond substituents is 1. The summed E-state index contributed by atoms with van der Waals surface area (Å²) in [5.74, 6) is 3.69. The van der Waals surface area contributed by atoms with E-state index in [1.54, 1.807) is 0 Å². The third-order valence-electron chi connectivity index (χ3n) is 15.1. The van der Waals surface area contributed by atoms with E-state index in [2.05, 4.69) is 225 Å².